The van der Waals surface area contributed by atoms with Crippen LogP contribution in [-0.2, 0) is 4.74 Å². The van der Waals surface area contributed by atoms with Crippen molar-refractivity contribution in [1.29, 1.82) is 0 Å². The lowest BCUT2D eigenvalue weighted by atomic mass is 10.2. The van der Waals surface area contributed by atoms with E-state index in [1.165, 1.54) is 7.11 Å². The molecule has 1 N–H and O–H groups in total. The van der Waals surface area contributed by atoms with Crippen molar-refractivity contribution in [3.63, 3.8) is 0 Å². The molecule has 108 valence electrons. The zero-order valence-electron chi connectivity index (χ0n) is 10.9. The number of likely N-dealkylation sites (tertiary alicyclic amines) is 1. The van der Waals surface area contributed by atoms with Crippen molar-refractivity contribution >= 4 is 43.9 Å². The van der Waals surface area contributed by atoms with Crippen LogP contribution in [0.3, 0.4) is 0 Å². The molecular weight excluding hydrogens is 392 g/mol. The number of carbonyl (C=O) groups is 2. The summed E-state index contributed by atoms with van der Waals surface area (Å²) in [7, 11) is 1.33. The summed E-state index contributed by atoms with van der Waals surface area (Å²) in [6.45, 7) is 1.11. The third-order valence-electron chi connectivity index (χ3n) is 3.14. The number of rotatable bonds is 2. The Bertz CT molecular complexity index is 536. The van der Waals surface area contributed by atoms with Crippen LogP contribution in [0.15, 0.2) is 27.1 Å². The van der Waals surface area contributed by atoms with Gasteiger partial charge in [0.1, 0.15) is 0 Å². The smallest absolute Gasteiger partial charge is 0.407 e. The maximum Gasteiger partial charge on any atom is 0.407 e. The summed E-state index contributed by atoms with van der Waals surface area (Å²) in [5.74, 6) is -0.0488. The van der Waals surface area contributed by atoms with Gasteiger partial charge in [-0.25, -0.2) is 4.79 Å². The van der Waals surface area contributed by atoms with E-state index in [1.807, 2.05) is 12.1 Å². The summed E-state index contributed by atoms with van der Waals surface area (Å²) in [4.78, 5) is 25.3. The molecule has 0 radical (unpaired) electrons. The first-order chi connectivity index (χ1) is 9.51. The van der Waals surface area contributed by atoms with Crippen molar-refractivity contribution in [2.75, 3.05) is 20.2 Å². The molecule has 0 aromatic heterocycles. The molecule has 2 rings (SSSR count). The summed E-state index contributed by atoms with van der Waals surface area (Å²) in [6, 6.07) is 5.43. The minimum Gasteiger partial charge on any atom is -0.453 e. The van der Waals surface area contributed by atoms with E-state index in [4.69, 9.17) is 0 Å². The molecule has 0 saturated carbocycles. The molecule has 0 spiro atoms. The molecule has 20 heavy (non-hydrogen) atoms. The number of halogens is 2. The van der Waals surface area contributed by atoms with Crippen molar-refractivity contribution in [1.82, 2.24) is 10.2 Å². The molecule has 1 aliphatic rings. The highest BCUT2D eigenvalue weighted by atomic mass is 79.9. The Labute approximate surface area is 133 Å². The van der Waals surface area contributed by atoms with Crippen molar-refractivity contribution in [3.8, 4) is 0 Å². The fraction of sp³-hybridized carbons (Fsp3) is 0.385. The molecule has 0 aliphatic carbocycles. The molecule has 1 atom stereocenters. The van der Waals surface area contributed by atoms with Gasteiger partial charge in [0.05, 0.1) is 18.7 Å². The van der Waals surface area contributed by atoms with E-state index in [-0.39, 0.29) is 11.9 Å². The predicted octanol–water partition coefficient (Wildman–Crippen LogP) is 2.78. The summed E-state index contributed by atoms with van der Waals surface area (Å²) in [6.07, 6.45) is 0.264. The Balaban J connectivity index is 2.04. The van der Waals surface area contributed by atoms with Crippen LogP contribution < -0.4 is 5.32 Å². The molecular formula is C13H14Br2N2O3. The highest BCUT2D eigenvalue weighted by Crippen LogP contribution is 2.24. The first-order valence-electron chi connectivity index (χ1n) is 6.10. The molecule has 1 fully saturated rings. The van der Waals surface area contributed by atoms with Crippen LogP contribution in [0.2, 0.25) is 0 Å². The van der Waals surface area contributed by atoms with Gasteiger partial charge in [0.15, 0.2) is 0 Å². The summed E-state index contributed by atoms with van der Waals surface area (Å²) in [5, 5.41) is 2.71. The average molecular weight is 406 g/mol. The number of nitrogens with zero attached hydrogens (tertiary/aromatic N) is 1. The molecule has 1 saturated heterocycles. The molecule has 1 aromatic carbocycles. The minimum atomic E-state index is -0.465. The van der Waals surface area contributed by atoms with Crippen LogP contribution in [0.25, 0.3) is 0 Å². The van der Waals surface area contributed by atoms with E-state index in [0.29, 0.717) is 18.7 Å². The van der Waals surface area contributed by atoms with E-state index < -0.39 is 6.09 Å². The van der Waals surface area contributed by atoms with Gasteiger partial charge in [-0.15, -0.1) is 0 Å². The van der Waals surface area contributed by atoms with Crippen molar-refractivity contribution in [3.05, 3.63) is 32.7 Å². The Kier molecular flexibility index (Phi) is 5.04. The van der Waals surface area contributed by atoms with E-state index >= 15 is 0 Å². The van der Waals surface area contributed by atoms with Gasteiger partial charge in [-0.2, -0.15) is 0 Å². The number of nitrogens with one attached hydrogen (secondary N) is 1. The quantitative estimate of drug-likeness (QED) is 0.822. The normalized spacial score (nSPS) is 17.9. The van der Waals surface area contributed by atoms with E-state index in [2.05, 4.69) is 41.9 Å². The van der Waals surface area contributed by atoms with Crippen LogP contribution in [-0.4, -0.2) is 43.1 Å². The van der Waals surface area contributed by atoms with Gasteiger partial charge in [-0.05, 0) is 40.5 Å². The van der Waals surface area contributed by atoms with E-state index in [0.717, 1.165) is 15.4 Å². The monoisotopic (exact) mass is 404 g/mol. The third kappa shape index (κ3) is 3.52. The SMILES string of the molecule is COC(=O)NC1CCN(C(=O)c2cc(Br)ccc2Br)C1. The molecule has 1 aromatic rings. The zero-order valence-corrected chi connectivity index (χ0v) is 14.0. The van der Waals surface area contributed by atoms with Gasteiger partial charge in [-0.1, -0.05) is 15.9 Å². The number of benzene rings is 1. The Morgan fingerprint density at radius 2 is 2.15 bits per heavy atom. The van der Waals surface area contributed by atoms with Crippen LogP contribution in [0.4, 0.5) is 4.79 Å². The second-order valence-electron chi connectivity index (χ2n) is 4.50. The van der Waals surface area contributed by atoms with Gasteiger partial charge in [0.25, 0.3) is 5.91 Å². The number of amides is 2. The van der Waals surface area contributed by atoms with E-state index in [9.17, 15) is 9.59 Å². The maximum atomic E-state index is 12.5. The fourth-order valence-corrected chi connectivity index (χ4v) is 2.90. The van der Waals surface area contributed by atoms with Gasteiger partial charge in [-0.3, -0.25) is 4.79 Å². The molecule has 1 unspecified atom stereocenters. The van der Waals surface area contributed by atoms with E-state index in [1.54, 1.807) is 11.0 Å². The first kappa shape index (κ1) is 15.3. The average Bonchev–Trinajstić information content (AvgIpc) is 2.89. The predicted molar refractivity (Wildman–Crippen MR) is 81.7 cm³/mol. The van der Waals surface area contributed by atoms with Gasteiger partial charge in [0.2, 0.25) is 0 Å². The number of carbonyl (C=O) groups excluding carboxylic acids is 2. The summed E-state index contributed by atoms with van der Waals surface area (Å²) >= 11 is 6.75. The summed E-state index contributed by atoms with van der Waals surface area (Å²) < 4.78 is 6.17. The molecule has 5 nitrogen and oxygen atoms in total. The lowest BCUT2D eigenvalue weighted by molar-refractivity contribution is 0.0787. The highest BCUT2D eigenvalue weighted by Gasteiger charge is 2.29. The fourth-order valence-electron chi connectivity index (χ4n) is 2.12. The Morgan fingerprint density at radius 3 is 2.85 bits per heavy atom. The number of hydrogen-bond donors (Lipinski definition) is 1. The van der Waals surface area contributed by atoms with Crippen LogP contribution in [0.5, 0.6) is 0 Å². The molecule has 7 heteroatoms. The number of methoxy groups -OCH3 is 1. The Morgan fingerprint density at radius 1 is 1.40 bits per heavy atom. The van der Waals surface area contributed by atoms with Crippen molar-refractivity contribution in [2.24, 2.45) is 0 Å². The molecule has 1 heterocycles. The maximum absolute atomic E-state index is 12.5. The molecule has 2 amide bonds. The standard InChI is InChI=1S/C13H14Br2N2O3/c1-20-13(19)16-9-4-5-17(7-9)12(18)10-6-8(14)2-3-11(10)15/h2-3,6,9H,4-5,7H2,1H3,(H,16,19). The largest absolute Gasteiger partial charge is 0.453 e. The minimum absolute atomic E-state index is 0.0488. The lowest BCUT2D eigenvalue weighted by Crippen LogP contribution is -2.38. The van der Waals surface area contributed by atoms with Gasteiger partial charge >= 0.3 is 6.09 Å². The van der Waals surface area contributed by atoms with Gasteiger partial charge < -0.3 is 15.0 Å². The zero-order chi connectivity index (χ0) is 14.7. The second-order valence-corrected chi connectivity index (χ2v) is 6.27. The number of ether oxygens (including phenoxy) is 1. The summed E-state index contributed by atoms with van der Waals surface area (Å²) in [5.41, 5.74) is 0.609. The van der Waals surface area contributed by atoms with Crippen LogP contribution in [0.1, 0.15) is 16.8 Å². The second kappa shape index (κ2) is 6.58. The number of hydrogen-bond acceptors (Lipinski definition) is 3. The number of alkyl carbamates (subject to hydrolysis) is 1. The van der Waals surface area contributed by atoms with Gasteiger partial charge in [0, 0.05) is 22.0 Å². The topological polar surface area (TPSA) is 58.6 Å². The Hall–Kier alpha value is -1.08. The molecule has 0 bridgehead atoms. The van der Waals surface area contributed by atoms with Crippen LogP contribution in [0, 0.1) is 0 Å². The van der Waals surface area contributed by atoms with Crippen molar-refractivity contribution < 1.29 is 14.3 Å². The highest BCUT2D eigenvalue weighted by molar-refractivity contribution is 9.11. The van der Waals surface area contributed by atoms with Crippen molar-refractivity contribution in [2.45, 2.75) is 12.5 Å². The first-order valence-corrected chi connectivity index (χ1v) is 7.68. The molecule has 1 aliphatic heterocycles. The van der Waals surface area contributed by atoms with Crippen LogP contribution >= 0.6 is 31.9 Å². The lowest BCUT2D eigenvalue weighted by Gasteiger charge is -2.18. The third-order valence-corrected chi connectivity index (χ3v) is 4.33.